The minimum absolute atomic E-state index is 0.0183. The summed E-state index contributed by atoms with van der Waals surface area (Å²) in [4.78, 5) is 13.4. The minimum Gasteiger partial charge on any atom is -0.391 e. The maximum Gasteiger partial charge on any atom is 0.239 e. The first-order valence-corrected chi connectivity index (χ1v) is 5.23. The van der Waals surface area contributed by atoms with Gasteiger partial charge in [-0.05, 0) is 18.8 Å². The number of aliphatic hydroxyl groups is 1. The van der Waals surface area contributed by atoms with E-state index in [4.69, 9.17) is 5.73 Å². The van der Waals surface area contributed by atoms with E-state index >= 15 is 0 Å². The van der Waals surface area contributed by atoms with Crippen molar-refractivity contribution in [1.29, 1.82) is 0 Å². The van der Waals surface area contributed by atoms with Crippen LogP contribution in [0.4, 0.5) is 0 Å². The number of rotatable bonds is 3. The van der Waals surface area contributed by atoms with Crippen LogP contribution in [0.15, 0.2) is 0 Å². The molecule has 0 radical (unpaired) electrons. The standard InChI is InChI=1S/C10H20N2O2/c1-7(2)5-9(11)10(14)12-4-3-8(13)6-12/h7-9,13H,3-6,11H2,1-2H3/t8-,9-/m1/s1. The van der Waals surface area contributed by atoms with E-state index in [0.717, 1.165) is 0 Å². The molecule has 2 atom stereocenters. The Balaban J connectivity index is 2.40. The summed E-state index contributed by atoms with van der Waals surface area (Å²) in [5.41, 5.74) is 5.77. The van der Waals surface area contributed by atoms with Gasteiger partial charge in [0, 0.05) is 13.1 Å². The smallest absolute Gasteiger partial charge is 0.239 e. The normalized spacial score (nSPS) is 24.4. The highest BCUT2D eigenvalue weighted by atomic mass is 16.3. The van der Waals surface area contributed by atoms with Crippen molar-refractivity contribution in [3.63, 3.8) is 0 Å². The first-order valence-electron chi connectivity index (χ1n) is 5.23. The minimum atomic E-state index is -0.403. The average molecular weight is 200 g/mol. The van der Waals surface area contributed by atoms with Crippen LogP contribution < -0.4 is 5.73 Å². The van der Waals surface area contributed by atoms with Crippen molar-refractivity contribution in [2.45, 2.75) is 38.8 Å². The summed E-state index contributed by atoms with van der Waals surface area (Å²) in [6.07, 6.45) is 1.04. The molecule has 1 fully saturated rings. The molecule has 0 aromatic carbocycles. The van der Waals surface area contributed by atoms with E-state index in [1.54, 1.807) is 4.90 Å². The summed E-state index contributed by atoms with van der Waals surface area (Å²) in [6, 6.07) is -0.403. The molecule has 1 rings (SSSR count). The number of hydrogen-bond donors (Lipinski definition) is 2. The summed E-state index contributed by atoms with van der Waals surface area (Å²) in [5.74, 6) is 0.414. The van der Waals surface area contributed by atoms with Gasteiger partial charge in [-0.25, -0.2) is 0 Å². The Kier molecular flexibility index (Phi) is 3.89. The molecule has 1 aliphatic rings. The van der Waals surface area contributed by atoms with Gasteiger partial charge in [0.1, 0.15) is 0 Å². The summed E-state index contributed by atoms with van der Waals surface area (Å²) in [5, 5.41) is 9.28. The van der Waals surface area contributed by atoms with Crippen molar-refractivity contribution in [3.8, 4) is 0 Å². The highest BCUT2D eigenvalue weighted by Crippen LogP contribution is 2.12. The van der Waals surface area contributed by atoms with Crippen molar-refractivity contribution in [2.24, 2.45) is 11.7 Å². The lowest BCUT2D eigenvalue weighted by Gasteiger charge is -2.21. The van der Waals surface area contributed by atoms with Crippen molar-refractivity contribution < 1.29 is 9.90 Å². The highest BCUT2D eigenvalue weighted by molar-refractivity contribution is 5.81. The molecule has 4 heteroatoms. The second kappa shape index (κ2) is 4.75. The third-order valence-corrected chi connectivity index (χ3v) is 2.52. The van der Waals surface area contributed by atoms with E-state index in [9.17, 15) is 9.90 Å². The average Bonchev–Trinajstić information content (AvgIpc) is 2.49. The molecule has 14 heavy (non-hydrogen) atoms. The van der Waals surface area contributed by atoms with Crippen molar-refractivity contribution in [3.05, 3.63) is 0 Å². The summed E-state index contributed by atoms with van der Waals surface area (Å²) in [7, 11) is 0. The Morgan fingerprint density at radius 3 is 2.71 bits per heavy atom. The Labute approximate surface area is 85.1 Å². The Hall–Kier alpha value is -0.610. The number of aliphatic hydroxyl groups excluding tert-OH is 1. The van der Waals surface area contributed by atoms with Crippen molar-refractivity contribution in [1.82, 2.24) is 4.90 Å². The van der Waals surface area contributed by atoms with Crippen LogP contribution in [0.1, 0.15) is 26.7 Å². The van der Waals surface area contributed by atoms with Crippen LogP contribution >= 0.6 is 0 Å². The van der Waals surface area contributed by atoms with Gasteiger partial charge in [0.15, 0.2) is 0 Å². The van der Waals surface area contributed by atoms with Crippen LogP contribution in [-0.2, 0) is 4.79 Å². The Bertz CT molecular complexity index is 206. The number of likely N-dealkylation sites (tertiary alicyclic amines) is 1. The van der Waals surface area contributed by atoms with Gasteiger partial charge >= 0.3 is 0 Å². The third-order valence-electron chi connectivity index (χ3n) is 2.52. The number of hydrogen-bond acceptors (Lipinski definition) is 3. The SMILES string of the molecule is CC(C)C[C@@H](N)C(=O)N1CC[C@@H](O)C1. The second-order valence-corrected chi connectivity index (χ2v) is 4.46. The molecule has 0 bridgehead atoms. The molecule has 0 unspecified atom stereocenters. The van der Waals surface area contributed by atoms with Crippen LogP contribution in [-0.4, -0.2) is 41.1 Å². The van der Waals surface area contributed by atoms with Crippen molar-refractivity contribution >= 4 is 5.91 Å². The van der Waals surface area contributed by atoms with Gasteiger partial charge in [0.25, 0.3) is 0 Å². The molecule has 1 amide bonds. The third kappa shape index (κ3) is 2.96. The first kappa shape index (κ1) is 11.5. The lowest BCUT2D eigenvalue weighted by atomic mass is 10.0. The van der Waals surface area contributed by atoms with Gasteiger partial charge < -0.3 is 15.7 Å². The molecule has 0 aromatic heterocycles. The van der Waals surface area contributed by atoms with Crippen LogP contribution in [0.3, 0.4) is 0 Å². The molecule has 82 valence electrons. The predicted molar refractivity (Wildman–Crippen MR) is 54.6 cm³/mol. The molecule has 0 saturated carbocycles. The predicted octanol–water partition coefficient (Wildman–Crippen LogP) is -0.0470. The number of β-amino-alcohol motifs (C(OH)–C–C–N with tert-alkyl or cyclic N) is 1. The van der Waals surface area contributed by atoms with Gasteiger partial charge in [-0.15, -0.1) is 0 Å². The molecule has 0 aromatic rings. The molecule has 3 N–H and O–H groups in total. The van der Waals surface area contributed by atoms with E-state index in [-0.39, 0.29) is 12.0 Å². The van der Waals surface area contributed by atoms with Gasteiger partial charge in [0.2, 0.25) is 5.91 Å². The molecule has 1 aliphatic heterocycles. The van der Waals surface area contributed by atoms with Crippen LogP contribution in [0.2, 0.25) is 0 Å². The first-order chi connectivity index (χ1) is 6.50. The maximum atomic E-state index is 11.7. The fourth-order valence-corrected chi connectivity index (χ4v) is 1.79. The van der Waals surface area contributed by atoms with E-state index in [0.29, 0.717) is 31.8 Å². The zero-order chi connectivity index (χ0) is 10.7. The monoisotopic (exact) mass is 200 g/mol. The van der Waals surface area contributed by atoms with Crippen LogP contribution in [0, 0.1) is 5.92 Å². The fraction of sp³-hybridized carbons (Fsp3) is 0.900. The molecule has 1 saturated heterocycles. The topological polar surface area (TPSA) is 66.6 Å². The van der Waals surface area contributed by atoms with E-state index in [1.165, 1.54) is 0 Å². The van der Waals surface area contributed by atoms with E-state index < -0.39 is 6.04 Å². The molecule has 0 aliphatic carbocycles. The summed E-state index contributed by atoms with van der Waals surface area (Å²) >= 11 is 0. The number of carbonyl (C=O) groups is 1. The van der Waals surface area contributed by atoms with Gasteiger partial charge in [-0.3, -0.25) is 4.79 Å². The van der Waals surface area contributed by atoms with Crippen LogP contribution in [0.5, 0.6) is 0 Å². The zero-order valence-corrected chi connectivity index (χ0v) is 8.94. The number of carbonyl (C=O) groups excluding carboxylic acids is 1. The molecule has 1 heterocycles. The Morgan fingerprint density at radius 2 is 2.29 bits per heavy atom. The highest BCUT2D eigenvalue weighted by Gasteiger charge is 2.28. The van der Waals surface area contributed by atoms with Gasteiger partial charge in [-0.2, -0.15) is 0 Å². The number of amides is 1. The van der Waals surface area contributed by atoms with Gasteiger partial charge in [-0.1, -0.05) is 13.8 Å². The lowest BCUT2D eigenvalue weighted by Crippen LogP contribution is -2.43. The summed E-state index contributed by atoms with van der Waals surface area (Å²) in [6.45, 7) is 5.19. The van der Waals surface area contributed by atoms with Crippen molar-refractivity contribution in [2.75, 3.05) is 13.1 Å². The maximum absolute atomic E-state index is 11.7. The number of nitrogens with two attached hydrogens (primary N) is 1. The zero-order valence-electron chi connectivity index (χ0n) is 8.94. The van der Waals surface area contributed by atoms with E-state index in [1.807, 2.05) is 13.8 Å². The fourth-order valence-electron chi connectivity index (χ4n) is 1.79. The quantitative estimate of drug-likeness (QED) is 0.671. The van der Waals surface area contributed by atoms with Crippen LogP contribution in [0.25, 0.3) is 0 Å². The second-order valence-electron chi connectivity index (χ2n) is 4.46. The largest absolute Gasteiger partial charge is 0.391 e. The van der Waals surface area contributed by atoms with E-state index in [2.05, 4.69) is 0 Å². The molecule has 0 spiro atoms. The van der Waals surface area contributed by atoms with Gasteiger partial charge in [0.05, 0.1) is 12.1 Å². The molecule has 4 nitrogen and oxygen atoms in total. The molecular weight excluding hydrogens is 180 g/mol. The lowest BCUT2D eigenvalue weighted by molar-refractivity contribution is -0.132. The Morgan fingerprint density at radius 1 is 1.64 bits per heavy atom. The number of nitrogens with zero attached hydrogens (tertiary/aromatic N) is 1. The summed E-state index contributed by atoms with van der Waals surface area (Å²) < 4.78 is 0. The molecular formula is C10H20N2O2.